The van der Waals surface area contributed by atoms with E-state index in [9.17, 15) is 4.21 Å². The molecule has 0 aliphatic rings. The van der Waals surface area contributed by atoms with Crippen molar-refractivity contribution < 1.29 is 4.21 Å². The van der Waals surface area contributed by atoms with Gasteiger partial charge in [0.2, 0.25) is 0 Å². The van der Waals surface area contributed by atoms with E-state index in [4.69, 9.17) is 5.26 Å². The van der Waals surface area contributed by atoms with Crippen LogP contribution in [0.5, 0.6) is 0 Å². The minimum Gasteiger partial charge on any atom is -0.260 e. The van der Waals surface area contributed by atoms with Crippen molar-refractivity contribution in [1.82, 2.24) is 0 Å². The van der Waals surface area contributed by atoms with Gasteiger partial charge in [0.15, 0.2) is 0 Å². The fraction of sp³-hybridized carbons (Fsp3) is 0.917. The quantitative estimate of drug-likeness (QED) is 0.673. The monoisotopic (exact) mass is 229 g/mol. The standard InChI is InChI=1S/C12H23NOS/c1-5-11(2)9-15(14)8-6-7-12(3,4)10-13/h11H,5-9H2,1-4H3. The molecule has 0 bridgehead atoms. The molecule has 88 valence electrons. The highest BCUT2D eigenvalue weighted by atomic mass is 32.2. The van der Waals surface area contributed by atoms with E-state index in [1.807, 2.05) is 13.8 Å². The maximum absolute atomic E-state index is 11.6. The van der Waals surface area contributed by atoms with Gasteiger partial charge < -0.3 is 0 Å². The van der Waals surface area contributed by atoms with Crippen LogP contribution in [-0.4, -0.2) is 15.7 Å². The molecule has 2 unspecified atom stereocenters. The summed E-state index contributed by atoms with van der Waals surface area (Å²) < 4.78 is 11.6. The van der Waals surface area contributed by atoms with Gasteiger partial charge in [-0.1, -0.05) is 20.3 Å². The van der Waals surface area contributed by atoms with Crippen LogP contribution in [-0.2, 0) is 10.8 Å². The largest absolute Gasteiger partial charge is 0.260 e. The molecule has 0 aromatic carbocycles. The van der Waals surface area contributed by atoms with Gasteiger partial charge in [-0.2, -0.15) is 5.26 Å². The highest BCUT2D eigenvalue weighted by Gasteiger charge is 2.16. The zero-order valence-electron chi connectivity index (χ0n) is 10.4. The van der Waals surface area contributed by atoms with Crippen molar-refractivity contribution in [2.24, 2.45) is 11.3 Å². The maximum Gasteiger partial charge on any atom is 0.0683 e. The first-order valence-corrected chi connectivity index (χ1v) is 7.16. The molecular formula is C12H23NOS. The Morgan fingerprint density at radius 2 is 2.07 bits per heavy atom. The van der Waals surface area contributed by atoms with Gasteiger partial charge in [-0.15, -0.1) is 0 Å². The lowest BCUT2D eigenvalue weighted by Gasteiger charge is -2.14. The van der Waals surface area contributed by atoms with Crippen LogP contribution < -0.4 is 0 Å². The summed E-state index contributed by atoms with van der Waals surface area (Å²) in [6.45, 7) is 8.13. The number of hydrogen-bond acceptors (Lipinski definition) is 2. The Morgan fingerprint density at radius 3 is 2.53 bits per heavy atom. The van der Waals surface area contributed by atoms with Crippen molar-refractivity contribution in [3.8, 4) is 6.07 Å². The molecule has 0 amide bonds. The molecule has 0 spiro atoms. The second-order valence-corrected chi connectivity index (χ2v) is 6.54. The summed E-state index contributed by atoms with van der Waals surface area (Å²) in [4.78, 5) is 0. The molecular weight excluding hydrogens is 206 g/mol. The van der Waals surface area contributed by atoms with Gasteiger partial charge in [0.05, 0.1) is 11.5 Å². The van der Waals surface area contributed by atoms with Gasteiger partial charge in [0.1, 0.15) is 0 Å². The Hall–Kier alpha value is -0.360. The first-order valence-electron chi connectivity index (χ1n) is 5.67. The van der Waals surface area contributed by atoms with Crippen LogP contribution >= 0.6 is 0 Å². The van der Waals surface area contributed by atoms with E-state index in [-0.39, 0.29) is 5.41 Å². The first-order chi connectivity index (χ1) is 6.91. The van der Waals surface area contributed by atoms with E-state index in [0.717, 1.165) is 30.8 Å². The summed E-state index contributed by atoms with van der Waals surface area (Å²) >= 11 is 0. The Morgan fingerprint density at radius 1 is 1.47 bits per heavy atom. The molecule has 2 nitrogen and oxygen atoms in total. The maximum atomic E-state index is 11.6. The van der Waals surface area contributed by atoms with Gasteiger partial charge in [0.25, 0.3) is 0 Å². The van der Waals surface area contributed by atoms with E-state index in [1.54, 1.807) is 0 Å². The third kappa shape index (κ3) is 7.56. The second kappa shape index (κ2) is 7.00. The van der Waals surface area contributed by atoms with Crippen LogP contribution in [0, 0.1) is 22.7 Å². The molecule has 15 heavy (non-hydrogen) atoms. The summed E-state index contributed by atoms with van der Waals surface area (Å²) in [6.07, 6.45) is 2.83. The van der Waals surface area contributed by atoms with Gasteiger partial charge >= 0.3 is 0 Å². The molecule has 2 atom stereocenters. The summed E-state index contributed by atoms with van der Waals surface area (Å²) in [5.41, 5.74) is -0.263. The van der Waals surface area contributed by atoms with E-state index in [0.29, 0.717) is 5.92 Å². The average molecular weight is 229 g/mol. The molecule has 0 heterocycles. The average Bonchev–Trinajstić information content (AvgIpc) is 2.17. The van der Waals surface area contributed by atoms with Crippen LogP contribution in [0.25, 0.3) is 0 Å². The fourth-order valence-electron chi connectivity index (χ4n) is 1.25. The SMILES string of the molecule is CCC(C)CS(=O)CCCC(C)(C)C#N. The van der Waals surface area contributed by atoms with Crippen LogP contribution in [0.2, 0.25) is 0 Å². The molecule has 3 heteroatoms. The summed E-state index contributed by atoms with van der Waals surface area (Å²) in [5, 5.41) is 8.82. The van der Waals surface area contributed by atoms with E-state index < -0.39 is 10.8 Å². The summed E-state index contributed by atoms with van der Waals surface area (Å²) in [5.74, 6) is 2.11. The van der Waals surface area contributed by atoms with Crippen LogP contribution in [0.1, 0.15) is 47.0 Å². The Balaban J connectivity index is 3.70. The summed E-state index contributed by atoms with van der Waals surface area (Å²) in [6, 6.07) is 2.27. The molecule has 0 saturated heterocycles. The zero-order valence-corrected chi connectivity index (χ0v) is 11.2. The lowest BCUT2D eigenvalue weighted by Crippen LogP contribution is -2.13. The third-order valence-electron chi connectivity index (χ3n) is 2.64. The van der Waals surface area contributed by atoms with Crippen LogP contribution in [0.15, 0.2) is 0 Å². The van der Waals surface area contributed by atoms with Crippen molar-refractivity contribution in [1.29, 1.82) is 5.26 Å². The lowest BCUT2D eigenvalue weighted by atomic mass is 9.90. The second-order valence-electron chi connectivity index (χ2n) is 4.92. The zero-order chi connectivity index (χ0) is 11.9. The minimum absolute atomic E-state index is 0.263. The van der Waals surface area contributed by atoms with Crippen molar-refractivity contribution in [3.05, 3.63) is 0 Å². The molecule has 0 saturated carbocycles. The smallest absolute Gasteiger partial charge is 0.0683 e. The van der Waals surface area contributed by atoms with E-state index in [2.05, 4.69) is 19.9 Å². The fourth-order valence-corrected chi connectivity index (χ4v) is 2.75. The first kappa shape index (κ1) is 14.6. The van der Waals surface area contributed by atoms with Crippen molar-refractivity contribution in [2.45, 2.75) is 47.0 Å². The van der Waals surface area contributed by atoms with Crippen LogP contribution in [0.3, 0.4) is 0 Å². The van der Waals surface area contributed by atoms with Gasteiger partial charge in [-0.25, -0.2) is 0 Å². The Kier molecular flexibility index (Phi) is 6.84. The van der Waals surface area contributed by atoms with Gasteiger partial charge in [0, 0.05) is 22.3 Å². The molecule has 0 aliphatic heterocycles. The number of rotatable bonds is 7. The number of hydrogen-bond donors (Lipinski definition) is 0. The molecule has 0 radical (unpaired) electrons. The van der Waals surface area contributed by atoms with Crippen LogP contribution in [0.4, 0.5) is 0 Å². The minimum atomic E-state index is -0.696. The number of nitrogens with zero attached hydrogens (tertiary/aromatic N) is 1. The van der Waals surface area contributed by atoms with E-state index >= 15 is 0 Å². The highest BCUT2D eigenvalue weighted by Crippen LogP contribution is 2.20. The van der Waals surface area contributed by atoms with E-state index in [1.165, 1.54) is 0 Å². The Bertz CT molecular complexity index is 242. The number of nitriles is 1. The topological polar surface area (TPSA) is 40.9 Å². The molecule has 0 fully saturated rings. The predicted octanol–water partition coefficient (Wildman–Crippen LogP) is 3.11. The molecule has 0 aromatic heterocycles. The Labute approximate surface area is 96.5 Å². The third-order valence-corrected chi connectivity index (χ3v) is 4.33. The van der Waals surface area contributed by atoms with Gasteiger partial charge in [-0.3, -0.25) is 4.21 Å². The molecule has 0 rings (SSSR count). The van der Waals surface area contributed by atoms with Gasteiger partial charge in [-0.05, 0) is 32.6 Å². The molecule has 0 N–H and O–H groups in total. The predicted molar refractivity (Wildman–Crippen MR) is 66.0 cm³/mol. The molecule has 0 aromatic rings. The summed E-state index contributed by atoms with van der Waals surface area (Å²) in [7, 11) is -0.696. The highest BCUT2D eigenvalue weighted by molar-refractivity contribution is 7.84. The normalized spacial score (nSPS) is 15.7. The van der Waals surface area contributed by atoms with Crippen molar-refractivity contribution >= 4 is 10.8 Å². The van der Waals surface area contributed by atoms with Crippen molar-refractivity contribution in [2.75, 3.05) is 11.5 Å². The lowest BCUT2D eigenvalue weighted by molar-refractivity contribution is 0.446. The van der Waals surface area contributed by atoms with Crippen molar-refractivity contribution in [3.63, 3.8) is 0 Å². The molecule has 0 aliphatic carbocycles.